The molecule has 2 unspecified atom stereocenters. The number of imidazole rings is 1. The molecule has 5 rings (SSSR count). The van der Waals surface area contributed by atoms with Crippen LogP contribution < -0.4 is 0 Å². The first kappa shape index (κ1) is 19.5. The van der Waals surface area contributed by atoms with Gasteiger partial charge in [0, 0.05) is 11.1 Å². The van der Waals surface area contributed by atoms with Crippen molar-refractivity contribution in [2.24, 2.45) is 5.92 Å². The van der Waals surface area contributed by atoms with Crippen LogP contribution >= 0.6 is 0 Å². The second-order valence-electron chi connectivity index (χ2n) is 8.54. The lowest BCUT2D eigenvalue weighted by atomic mass is 9.81. The molecule has 5 heteroatoms. The highest BCUT2D eigenvalue weighted by molar-refractivity contribution is 5.69. The Balaban J connectivity index is 1.20. The second kappa shape index (κ2) is 8.32. The molecule has 2 heterocycles. The van der Waals surface area contributed by atoms with Gasteiger partial charge in [-0.15, -0.1) is 0 Å². The number of benzene rings is 2. The summed E-state index contributed by atoms with van der Waals surface area (Å²) < 4.78 is 22.7. The van der Waals surface area contributed by atoms with Crippen molar-refractivity contribution < 1.29 is 14.2 Å². The number of hydrogen-bond acceptors (Lipinski definition) is 3. The van der Waals surface area contributed by atoms with E-state index in [0.29, 0.717) is 18.6 Å². The molecule has 1 N–H and O–H groups in total. The third-order valence-electron chi connectivity index (χ3n) is 6.72. The van der Waals surface area contributed by atoms with E-state index < -0.39 is 6.10 Å². The van der Waals surface area contributed by atoms with Crippen molar-refractivity contribution in [1.29, 1.82) is 0 Å². The van der Waals surface area contributed by atoms with Crippen LogP contribution in [0.25, 0.3) is 11.3 Å². The van der Waals surface area contributed by atoms with Gasteiger partial charge in [-0.3, -0.25) is 0 Å². The van der Waals surface area contributed by atoms with Crippen LogP contribution in [0.3, 0.4) is 0 Å². The van der Waals surface area contributed by atoms with Crippen molar-refractivity contribution in [2.45, 2.75) is 57.0 Å². The predicted molar refractivity (Wildman–Crippen MR) is 113 cm³/mol. The first-order chi connectivity index (χ1) is 14.7. The van der Waals surface area contributed by atoms with Crippen LogP contribution in [-0.2, 0) is 11.3 Å². The molecule has 4 nitrogen and oxygen atoms in total. The first-order valence-corrected chi connectivity index (χ1v) is 10.8. The molecular formula is C25H27FN2O2. The zero-order valence-corrected chi connectivity index (χ0v) is 17.0. The molecule has 30 heavy (non-hydrogen) atoms. The van der Waals surface area contributed by atoms with Gasteiger partial charge in [0.25, 0.3) is 0 Å². The van der Waals surface area contributed by atoms with Gasteiger partial charge in [0.1, 0.15) is 5.82 Å². The lowest BCUT2D eigenvalue weighted by Gasteiger charge is -2.32. The third-order valence-corrected chi connectivity index (χ3v) is 6.72. The first-order valence-electron chi connectivity index (χ1n) is 10.8. The highest BCUT2D eigenvalue weighted by atomic mass is 19.1. The summed E-state index contributed by atoms with van der Waals surface area (Å²) in [7, 11) is 0. The van der Waals surface area contributed by atoms with Crippen molar-refractivity contribution in [1.82, 2.24) is 9.55 Å². The van der Waals surface area contributed by atoms with E-state index in [9.17, 15) is 9.50 Å². The van der Waals surface area contributed by atoms with Gasteiger partial charge in [0.05, 0.1) is 43.1 Å². The van der Waals surface area contributed by atoms with Crippen molar-refractivity contribution >= 4 is 0 Å². The molecule has 0 amide bonds. The number of fused-ring (bicyclic) bond motifs is 3. The van der Waals surface area contributed by atoms with Gasteiger partial charge < -0.3 is 14.4 Å². The minimum Gasteiger partial charge on any atom is -0.393 e. The van der Waals surface area contributed by atoms with E-state index in [1.165, 1.54) is 11.6 Å². The molecule has 0 spiro atoms. The summed E-state index contributed by atoms with van der Waals surface area (Å²) in [4.78, 5) is 4.24. The maximum atomic E-state index is 14.6. The van der Waals surface area contributed by atoms with Gasteiger partial charge in [0.15, 0.2) is 0 Å². The number of halogens is 1. The highest BCUT2D eigenvalue weighted by Gasteiger charge is 2.35. The Morgan fingerprint density at radius 2 is 1.87 bits per heavy atom. The molecule has 156 valence electrons. The minimum absolute atomic E-state index is 0.194. The molecule has 1 aliphatic carbocycles. The highest BCUT2D eigenvalue weighted by Crippen LogP contribution is 2.44. The van der Waals surface area contributed by atoms with Gasteiger partial charge in [-0.05, 0) is 49.7 Å². The van der Waals surface area contributed by atoms with Crippen LogP contribution in [0, 0.1) is 11.7 Å². The Bertz CT molecular complexity index is 995. The van der Waals surface area contributed by atoms with E-state index in [1.807, 2.05) is 28.8 Å². The molecule has 2 atom stereocenters. The Hall–Kier alpha value is -2.50. The molecule has 3 aromatic rings. The third kappa shape index (κ3) is 3.68. The summed E-state index contributed by atoms with van der Waals surface area (Å²) in [6.45, 7) is 0.639. The fourth-order valence-electron chi connectivity index (χ4n) is 5.08. The average Bonchev–Trinajstić information content (AvgIpc) is 3.37. The van der Waals surface area contributed by atoms with Gasteiger partial charge in [0.2, 0.25) is 0 Å². The van der Waals surface area contributed by atoms with Crippen LogP contribution in [0.4, 0.5) is 4.39 Å². The standard InChI is InChI=1S/C25H27FN2O2/c26-21-8-4-7-20-23-14-27-16-28(23)22(25(20)21)13-24(29)18-9-11-19(12-10-18)30-15-17-5-2-1-3-6-17/h1-8,14,16,18-19,22,24,29H,9-13,15H2. The number of nitrogens with zero attached hydrogens (tertiary/aromatic N) is 2. The summed E-state index contributed by atoms with van der Waals surface area (Å²) in [5.74, 6) is 0.0239. The molecule has 0 bridgehead atoms. The lowest BCUT2D eigenvalue weighted by Crippen LogP contribution is -2.30. The monoisotopic (exact) mass is 406 g/mol. The molecule has 0 radical (unpaired) electrons. The number of aliphatic hydroxyl groups is 1. The molecule has 1 saturated carbocycles. The van der Waals surface area contributed by atoms with Gasteiger partial charge >= 0.3 is 0 Å². The van der Waals surface area contributed by atoms with Crippen molar-refractivity contribution in [3.8, 4) is 11.3 Å². The number of rotatable bonds is 6. The molecule has 0 saturated heterocycles. The Labute approximate surface area is 176 Å². The van der Waals surface area contributed by atoms with Crippen molar-refractivity contribution in [2.75, 3.05) is 0 Å². The number of hydrogen-bond donors (Lipinski definition) is 1. The molecule has 2 aliphatic rings. The molecule has 2 aromatic carbocycles. The minimum atomic E-state index is -0.467. The van der Waals surface area contributed by atoms with E-state index >= 15 is 0 Å². The zero-order chi connectivity index (χ0) is 20.5. The van der Waals surface area contributed by atoms with E-state index in [0.717, 1.165) is 36.9 Å². The fourth-order valence-corrected chi connectivity index (χ4v) is 5.08. The van der Waals surface area contributed by atoms with Crippen LogP contribution in [0.5, 0.6) is 0 Å². The molecule has 1 aromatic heterocycles. The largest absolute Gasteiger partial charge is 0.393 e. The fraction of sp³-hybridized carbons (Fsp3) is 0.400. The normalized spacial score (nSPS) is 23.7. The van der Waals surface area contributed by atoms with Crippen LogP contribution in [-0.4, -0.2) is 26.9 Å². The van der Waals surface area contributed by atoms with E-state index in [2.05, 4.69) is 17.1 Å². The van der Waals surface area contributed by atoms with Crippen molar-refractivity contribution in [3.05, 3.63) is 78.0 Å². The molecular weight excluding hydrogens is 379 g/mol. The summed E-state index contributed by atoms with van der Waals surface area (Å²) >= 11 is 0. The SMILES string of the molecule is OC(CC1c2c(F)cccc2-c2cncn21)C1CCC(OCc2ccccc2)CC1. The van der Waals surface area contributed by atoms with Crippen molar-refractivity contribution in [3.63, 3.8) is 0 Å². The molecule has 1 aliphatic heterocycles. The van der Waals surface area contributed by atoms with Gasteiger partial charge in [-0.1, -0.05) is 42.5 Å². The van der Waals surface area contributed by atoms with E-state index in [1.54, 1.807) is 18.6 Å². The second-order valence-corrected chi connectivity index (χ2v) is 8.54. The summed E-state index contributed by atoms with van der Waals surface area (Å²) in [6.07, 6.45) is 7.62. The van der Waals surface area contributed by atoms with E-state index in [-0.39, 0.29) is 23.9 Å². The summed E-state index contributed by atoms with van der Waals surface area (Å²) in [5, 5.41) is 11.0. The zero-order valence-electron chi connectivity index (χ0n) is 17.0. The Kier molecular flexibility index (Phi) is 5.40. The average molecular weight is 407 g/mol. The molecule has 1 fully saturated rings. The Morgan fingerprint density at radius 1 is 1.07 bits per heavy atom. The summed E-state index contributed by atoms with van der Waals surface area (Å²) in [6, 6.07) is 15.2. The number of aromatic nitrogens is 2. The van der Waals surface area contributed by atoms with Crippen LogP contribution in [0.1, 0.15) is 49.3 Å². The topological polar surface area (TPSA) is 47.3 Å². The number of aliphatic hydroxyl groups excluding tert-OH is 1. The lowest BCUT2D eigenvalue weighted by molar-refractivity contribution is -0.0160. The Morgan fingerprint density at radius 3 is 2.67 bits per heavy atom. The van der Waals surface area contributed by atoms with Gasteiger partial charge in [-0.25, -0.2) is 9.37 Å². The van der Waals surface area contributed by atoms with E-state index in [4.69, 9.17) is 4.74 Å². The maximum Gasteiger partial charge on any atom is 0.129 e. The number of ether oxygens (including phenoxy) is 1. The van der Waals surface area contributed by atoms with Crippen LogP contribution in [0.15, 0.2) is 61.1 Å². The maximum absolute atomic E-state index is 14.6. The van der Waals surface area contributed by atoms with Gasteiger partial charge in [-0.2, -0.15) is 0 Å². The predicted octanol–water partition coefficient (Wildman–Crippen LogP) is 5.12. The smallest absolute Gasteiger partial charge is 0.129 e. The summed E-state index contributed by atoms with van der Waals surface area (Å²) in [5.41, 5.74) is 3.70. The van der Waals surface area contributed by atoms with Crippen LogP contribution in [0.2, 0.25) is 0 Å². The quantitative estimate of drug-likeness (QED) is 0.618.